The molecule has 2 amide bonds. The van der Waals surface area contributed by atoms with Gasteiger partial charge in [-0.05, 0) is 41.0 Å². The van der Waals surface area contributed by atoms with Crippen molar-refractivity contribution in [1.82, 2.24) is 5.32 Å². The Balaban J connectivity index is 1.82. The van der Waals surface area contributed by atoms with Crippen LogP contribution in [-0.2, 0) is 11.2 Å². The number of fused-ring (bicyclic) bond motifs is 1. The number of benzene rings is 3. The van der Waals surface area contributed by atoms with E-state index in [1.54, 1.807) is 19.2 Å². The molecule has 0 heterocycles. The van der Waals surface area contributed by atoms with Gasteiger partial charge in [0.25, 0.3) is 5.91 Å². The highest BCUT2D eigenvalue weighted by Gasteiger charge is 2.11. The first-order valence-electron chi connectivity index (χ1n) is 8.17. The van der Waals surface area contributed by atoms with Gasteiger partial charge in [-0.3, -0.25) is 9.59 Å². The maximum atomic E-state index is 12.5. The first-order valence-corrected chi connectivity index (χ1v) is 8.17. The molecule has 0 aliphatic carbocycles. The van der Waals surface area contributed by atoms with Crippen molar-refractivity contribution in [3.05, 3.63) is 77.4 Å². The van der Waals surface area contributed by atoms with Crippen LogP contribution in [0.2, 0.25) is 0 Å². The summed E-state index contributed by atoms with van der Waals surface area (Å²) in [6, 6.07) is 19.3. The Bertz CT molecular complexity index is 942. The number of anilines is 1. The zero-order chi connectivity index (χ0) is 17.8. The summed E-state index contributed by atoms with van der Waals surface area (Å²) in [6.07, 6.45) is 0.283. The Morgan fingerprint density at radius 3 is 2.52 bits per heavy atom. The molecule has 0 radical (unpaired) electrons. The Morgan fingerprint density at radius 2 is 1.72 bits per heavy atom. The van der Waals surface area contributed by atoms with Gasteiger partial charge in [-0.1, -0.05) is 48.5 Å². The van der Waals surface area contributed by atoms with Crippen LogP contribution in [0.1, 0.15) is 21.5 Å². The quantitative estimate of drug-likeness (QED) is 0.765. The summed E-state index contributed by atoms with van der Waals surface area (Å²) in [5.41, 5.74) is 3.08. The Hall–Kier alpha value is -3.14. The van der Waals surface area contributed by atoms with Gasteiger partial charge >= 0.3 is 0 Å². The van der Waals surface area contributed by atoms with Crippen LogP contribution in [-0.4, -0.2) is 18.9 Å². The summed E-state index contributed by atoms with van der Waals surface area (Å²) < 4.78 is 0. The van der Waals surface area contributed by atoms with Crippen molar-refractivity contribution < 1.29 is 9.59 Å². The maximum Gasteiger partial charge on any atom is 0.251 e. The van der Waals surface area contributed by atoms with Gasteiger partial charge in [0, 0.05) is 18.3 Å². The summed E-state index contributed by atoms with van der Waals surface area (Å²) >= 11 is 0. The zero-order valence-electron chi connectivity index (χ0n) is 14.3. The van der Waals surface area contributed by atoms with E-state index in [-0.39, 0.29) is 18.2 Å². The predicted octanol–water partition coefficient (Wildman–Crippen LogP) is 3.69. The largest absolute Gasteiger partial charge is 0.355 e. The van der Waals surface area contributed by atoms with Crippen LogP contribution >= 0.6 is 0 Å². The van der Waals surface area contributed by atoms with Crippen LogP contribution in [0.15, 0.2) is 60.7 Å². The van der Waals surface area contributed by atoms with E-state index in [0.29, 0.717) is 11.3 Å². The normalized spacial score (nSPS) is 10.5. The van der Waals surface area contributed by atoms with Gasteiger partial charge in [-0.2, -0.15) is 0 Å². The lowest BCUT2D eigenvalue weighted by atomic mass is 10.0. The van der Waals surface area contributed by atoms with E-state index in [1.807, 2.05) is 55.5 Å². The number of carbonyl (C=O) groups is 2. The van der Waals surface area contributed by atoms with E-state index in [2.05, 4.69) is 10.6 Å². The maximum absolute atomic E-state index is 12.5. The minimum absolute atomic E-state index is 0.103. The molecule has 0 saturated carbocycles. The summed E-state index contributed by atoms with van der Waals surface area (Å²) in [7, 11) is 1.58. The topological polar surface area (TPSA) is 58.2 Å². The fourth-order valence-corrected chi connectivity index (χ4v) is 2.86. The molecule has 25 heavy (non-hydrogen) atoms. The average Bonchev–Trinajstić information content (AvgIpc) is 2.63. The highest BCUT2D eigenvalue weighted by molar-refractivity contribution is 5.99. The molecule has 0 spiro atoms. The molecule has 0 atom stereocenters. The van der Waals surface area contributed by atoms with Crippen LogP contribution in [0.5, 0.6) is 0 Å². The monoisotopic (exact) mass is 332 g/mol. The fourth-order valence-electron chi connectivity index (χ4n) is 2.86. The molecule has 3 aromatic rings. The van der Waals surface area contributed by atoms with Crippen molar-refractivity contribution in [2.45, 2.75) is 13.3 Å². The van der Waals surface area contributed by atoms with Gasteiger partial charge < -0.3 is 10.6 Å². The van der Waals surface area contributed by atoms with Crippen LogP contribution in [0.3, 0.4) is 0 Å². The van der Waals surface area contributed by atoms with E-state index in [4.69, 9.17) is 0 Å². The van der Waals surface area contributed by atoms with Gasteiger partial charge in [0.1, 0.15) is 0 Å². The summed E-state index contributed by atoms with van der Waals surface area (Å²) in [5.74, 6) is -0.280. The molecule has 0 aliphatic rings. The number of carbonyl (C=O) groups excluding carboxylic acids is 2. The van der Waals surface area contributed by atoms with Crippen molar-refractivity contribution in [1.29, 1.82) is 0 Å². The molecule has 0 unspecified atom stereocenters. The number of aryl methyl sites for hydroxylation is 1. The van der Waals surface area contributed by atoms with E-state index in [9.17, 15) is 9.59 Å². The van der Waals surface area contributed by atoms with E-state index < -0.39 is 0 Å². The molecule has 4 nitrogen and oxygen atoms in total. The lowest BCUT2D eigenvalue weighted by Crippen LogP contribution is -2.19. The third-order valence-electron chi connectivity index (χ3n) is 4.23. The number of amides is 2. The number of hydrogen-bond donors (Lipinski definition) is 2. The third-order valence-corrected chi connectivity index (χ3v) is 4.23. The van der Waals surface area contributed by atoms with Crippen molar-refractivity contribution in [3.8, 4) is 0 Å². The second-order valence-corrected chi connectivity index (χ2v) is 5.97. The van der Waals surface area contributed by atoms with E-state index in [0.717, 1.165) is 21.9 Å². The third kappa shape index (κ3) is 3.69. The van der Waals surface area contributed by atoms with Gasteiger partial charge in [0.2, 0.25) is 5.91 Å². The van der Waals surface area contributed by atoms with Crippen LogP contribution in [0.25, 0.3) is 10.8 Å². The first kappa shape index (κ1) is 16.7. The molecule has 0 fully saturated rings. The molecule has 0 saturated heterocycles. The zero-order valence-corrected chi connectivity index (χ0v) is 14.3. The molecular formula is C21H20N2O2. The standard InChI is InChI=1S/C21H20N2O2/c1-14-10-11-17(21(25)22-2)12-19(14)23-20(24)13-16-8-5-7-15-6-3-4-9-18(15)16/h3-12H,13H2,1-2H3,(H,22,25)(H,23,24). The minimum Gasteiger partial charge on any atom is -0.355 e. The predicted molar refractivity (Wildman–Crippen MR) is 101 cm³/mol. The Labute approximate surface area is 146 Å². The highest BCUT2D eigenvalue weighted by atomic mass is 16.2. The first-order chi connectivity index (χ1) is 12.1. The second-order valence-electron chi connectivity index (χ2n) is 5.97. The van der Waals surface area contributed by atoms with Crippen molar-refractivity contribution in [2.75, 3.05) is 12.4 Å². The van der Waals surface area contributed by atoms with Crippen molar-refractivity contribution >= 4 is 28.3 Å². The molecule has 0 aromatic heterocycles. The average molecular weight is 332 g/mol. The lowest BCUT2D eigenvalue weighted by molar-refractivity contribution is -0.115. The molecule has 3 aromatic carbocycles. The van der Waals surface area contributed by atoms with Crippen molar-refractivity contribution in [2.24, 2.45) is 0 Å². The Kier molecular flexibility index (Phi) is 4.80. The molecule has 0 aliphatic heterocycles. The molecular weight excluding hydrogens is 312 g/mol. The van der Waals surface area contributed by atoms with Gasteiger partial charge in [-0.15, -0.1) is 0 Å². The van der Waals surface area contributed by atoms with Gasteiger partial charge in [0.05, 0.1) is 6.42 Å². The Morgan fingerprint density at radius 1 is 0.960 bits per heavy atom. The number of hydrogen-bond acceptors (Lipinski definition) is 2. The molecule has 4 heteroatoms. The van der Waals surface area contributed by atoms with E-state index in [1.165, 1.54) is 0 Å². The molecule has 0 bridgehead atoms. The number of rotatable bonds is 4. The lowest BCUT2D eigenvalue weighted by Gasteiger charge is -2.11. The van der Waals surface area contributed by atoms with Gasteiger partial charge in [0.15, 0.2) is 0 Å². The summed E-state index contributed by atoms with van der Waals surface area (Å²) in [4.78, 5) is 24.3. The van der Waals surface area contributed by atoms with Crippen LogP contribution < -0.4 is 10.6 Å². The molecule has 126 valence electrons. The molecule has 2 N–H and O–H groups in total. The SMILES string of the molecule is CNC(=O)c1ccc(C)c(NC(=O)Cc2cccc3ccccc23)c1. The van der Waals surface area contributed by atoms with Gasteiger partial charge in [-0.25, -0.2) is 0 Å². The smallest absolute Gasteiger partial charge is 0.251 e. The minimum atomic E-state index is -0.176. The molecule has 3 rings (SSSR count). The second kappa shape index (κ2) is 7.18. The summed E-state index contributed by atoms with van der Waals surface area (Å²) in [5, 5.41) is 7.71. The summed E-state index contributed by atoms with van der Waals surface area (Å²) in [6.45, 7) is 1.90. The van der Waals surface area contributed by atoms with Crippen LogP contribution in [0, 0.1) is 6.92 Å². The van der Waals surface area contributed by atoms with Crippen molar-refractivity contribution in [3.63, 3.8) is 0 Å². The fraction of sp³-hybridized carbons (Fsp3) is 0.143. The highest BCUT2D eigenvalue weighted by Crippen LogP contribution is 2.21. The number of nitrogens with one attached hydrogen (secondary N) is 2. The van der Waals surface area contributed by atoms with Crippen LogP contribution in [0.4, 0.5) is 5.69 Å². The van der Waals surface area contributed by atoms with E-state index >= 15 is 0 Å².